The summed E-state index contributed by atoms with van der Waals surface area (Å²) in [6.45, 7) is 0.332. The molecule has 6 nitrogen and oxygen atoms in total. The van der Waals surface area contributed by atoms with E-state index < -0.39 is 31.1 Å². The van der Waals surface area contributed by atoms with Crippen LogP contribution in [0.3, 0.4) is 0 Å². The van der Waals surface area contributed by atoms with E-state index in [1.807, 2.05) is 6.07 Å². The minimum atomic E-state index is -4.89. The van der Waals surface area contributed by atoms with E-state index in [2.05, 4.69) is 5.32 Å². The molecule has 2 aromatic rings. The number of sulfone groups is 1. The molecule has 2 rings (SSSR count). The predicted molar refractivity (Wildman–Crippen MR) is 87.8 cm³/mol. The molecule has 1 heterocycles. The highest BCUT2D eigenvalue weighted by molar-refractivity contribution is 7.91. The van der Waals surface area contributed by atoms with E-state index in [4.69, 9.17) is 11.6 Å². The van der Waals surface area contributed by atoms with Crippen molar-refractivity contribution in [1.29, 1.82) is 0 Å². The number of alkyl halides is 2. The van der Waals surface area contributed by atoms with Crippen LogP contribution in [0.25, 0.3) is 0 Å². The quantitative estimate of drug-likeness (QED) is 0.565. The van der Waals surface area contributed by atoms with Gasteiger partial charge in [-0.1, -0.05) is 11.6 Å². The van der Waals surface area contributed by atoms with Gasteiger partial charge in [-0.2, -0.15) is 8.78 Å². The molecule has 0 aliphatic heterocycles. The summed E-state index contributed by atoms with van der Waals surface area (Å²) in [6, 6.07) is 6.20. The van der Waals surface area contributed by atoms with Crippen LogP contribution in [-0.2, 0) is 16.3 Å². The maximum absolute atomic E-state index is 12.5. The topological polar surface area (TPSA) is 89.3 Å². The second kappa shape index (κ2) is 7.41. The van der Waals surface area contributed by atoms with Crippen molar-refractivity contribution in [2.24, 2.45) is 0 Å². The van der Waals surface area contributed by atoms with Crippen molar-refractivity contribution in [2.75, 3.05) is 11.9 Å². The zero-order valence-corrected chi connectivity index (χ0v) is 14.3. The van der Waals surface area contributed by atoms with Gasteiger partial charge in [-0.3, -0.25) is 10.1 Å². The average Bonchev–Trinajstić information content (AvgIpc) is 2.92. The summed E-state index contributed by atoms with van der Waals surface area (Å²) in [7, 11) is -4.89. The third-order valence-electron chi connectivity index (χ3n) is 3.04. The molecule has 0 fully saturated rings. The second-order valence-electron chi connectivity index (χ2n) is 4.62. The Balaban J connectivity index is 2.19. The Hall–Kier alpha value is -1.78. The average molecular weight is 397 g/mol. The highest BCUT2D eigenvalue weighted by atomic mass is 35.5. The molecular formula is C13H11ClF2N2O4S2. The van der Waals surface area contributed by atoms with Crippen LogP contribution in [0.5, 0.6) is 0 Å². The van der Waals surface area contributed by atoms with Gasteiger partial charge in [0, 0.05) is 17.5 Å². The Kier molecular flexibility index (Phi) is 5.73. The van der Waals surface area contributed by atoms with Crippen molar-refractivity contribution in [1.82, 2.24) is 0 Å². The Morgan fingerprint density at radius 3 is 2.54 bits per heavy atom. The van der Waals surface area contributed by atoms with Gasteiger partial charge in [-0.15, -0.1) is 11.3 Å². The van der Waals surface area contributed by atoms with Crippen LogP contribution in [0, 0.1) is 10.1 Å². The van der Waals surface area contributed by atoms with Crippen LogP contribution >= 0.6 is 22.9 Å². The summed E-state index contributed by atoms with van der Waals surface area (Å²) >= 11 is 7.17. The van der Waals surface area contributed by atoms with Gasteiger partial charge in [0.2, 0.25) is 9.84 Å². The van der Waals surface area contributed by atoms with Crippen LogP contribution in [0.2, 0.25) is 4.34 Å². The summed E-state index contributed by atoms with van der Waals surface area (Å²) in [5.41, 5.74) is -0.531. The molecule has 0 spiro atoms. The van der Waals surface area contributed by atoms with Crippen molar-refractivity contribution < 1.29 is 22.1 Å². The van der Waals surface area contributed by atoms with Crippen LogP contribution in [-0.4, -0.2) is 25.6 Å². The minimum Gasteiger partial charge on any atom is -0.379 e. The predicted octanol–water partition coefficient (Wildman–Crippen LogP) is 3.96. The number of nitro benzene ring substituents is 1. The molecule has 24 heavy (non-hydrogen) atoms. The highest BCUT2D eigenvalue weighted by Crippen LogP contribution is 2.30. The summed E-state index contributed by atoms with van der Waals surface area (Å²) in [5, 5.41) is 13.9. The molecule has 0 amide bonds. The van der Waals surface area contributed by atoms with Crippen LogP contribution in [0.1, 0.15) is 4.88 Å². The van der Waals surface area contributed by atoms with Crippen molar-refractivity contribution in [3.05, 3.63) is 49.7 Å². The first kappa shape index (κ1) is 18.6. The van der Waals surface area contributed by atoms with Gasteiger partial charge in [-0.05, 0) is 30.7 Å². The van der Waals surface area contributed by atoms with Crippen molar-refractivity contribution in [2.45, 2.75) is 17.1 Å². The lowest BCUT2D eigenvalue weighted by molar-refractivity contribution is -0.384. The largest absolute Gasteiger partial charge is 0.379 e. The molecule has 0 bridgehead atoms. The molecule has 1 aromatic carbocycles. The number of hydrogen-bond donors (Lipinski definition) is 1. The summed E-state index contributed by atoms with van der Waals surface area (Å²) in [4.78, 5) is 10.4. The molecule has 0 unspecified atom stereocenters. The number of hydrogen-bond acceptors (Lipinski definition) is 6. The van der Waals surface area contributed by atoms with Gasteiger partial charge in [-0.25, -0.2) is 8.42 Å². The fourth-order valence-electron chi connectivity index (χ4n) is 1.90. The van der Waals surface area contributed by atoms with E-state index in [0.29, 0.717) is 23.4 Å². The van der Waals surface area contributed by atoms with Crippen molar-refractivity contribution >= 4 is 44.1 Å². The monoisotopic (exact) mass is 396 g/mol. The van der Waals surface area contributed by atoms with E-state index in [9.17, 15) is 27.3 Å². The van der Waals surface area contributed by atoms with E-state index in [1.54, 1.807) is 6.07 Å². The highest BCUT2D eigenvalue weighted by Gasteiger charge is 2.29. The molecule has 0 radical (unpaired) electrons. The van der Waals surface area contributed by atoms with Gasteiger partial charge < -0.3 is 5.32 Å². The van der Waals surface area contributed by atoms with Gasteiger partial charge >= 0.3 is 5.76 Å². The fraction of sp³-hybridized carbons (Fsp3) is 0.231. The summed E-state index contributed by atoms with van der Waals surface area (Å²) in [6.07, 6.45) is 0.547. The molecule has 130 valence electrons. The van der Waals surface area contributed by atoms with Gasteiger partial charge in [0.15, 0.2) is 0 Å². The Labute approximate surface area is 145 Å². The fourth-order valence-corrected chi connectivity index (χ4v) is 3.72. The lowest BCUT2D eigenvalue weighted by Crippen LogP contribution is -2.12. The van der Waals surface area contributed by atoms with Crippen molar-refractivity contribution in [3.8, 4) is 0 Å². The lowest BCUT2D eigenvalue weighted by Gasteiger charge is -2.08. The van der Waals surface area contributed by atoms with Crippen molar-refractivity contribution in [3.63, 3.8) is 0 Å². The Bertz CT molecular complexity index is 855. The number of thiophene rings is 1. The number of halogens is 3. The van der Waals surface area contributed by atoms with Crippen LogP contribution in [0.4, 0.5) is 20.2 Å². The third kappa shape index (κ3) is 4.19. The van der Waals surface area contributed by atoms with Crippen LogP contribution in [0.15, 0.2) is 35.2 Å². The first-order chi connectivity index (χ1) is 11.2. The molecule has 1 N–H and O–H groups in total. The molecule has 0 aliphatic rings. The number of nitrogens with one attached hydrogen (secondary N) is 1. The van der Waals surface area contributed by atoms with Gasteiger partial charge in [0.1, 0.15) is 5.69 Å². The molecule has 0 saturated carbocycles. The second-order valence-corrected chi connectivity index (χ2v) is 8.34. The van der Waals surface area contributed by atoms with E-state index in [0.717, 1.165) is 17.0 Å². The Morgan fingerprint density at radius 1 is 1.29 bits per heavy atom. The zero-order valence-electron chi connectivity index (χ0n) is 11.9. The van der Waals surface area contributed by atoms with E-state index in [1.165, 1.54) is 11.3 Å². The molecule has 1 aromatic heterocycles. The molecule has 0 atom stereocenters. The Morgan fingerprint density at radius 2 is 2.00 bits per heavy atom. The lowest BCUT2D eigenvalue weighted by atomic mass is 10.2. The number of benzene rings is 1. The molecular weight excluding hydrogens is 386 g/mol. The number of rotatable bonds is 7. The molecule has 0 saturated heterocycles. The molecule has 11 heteroatoms. The SMILES string of the molecule is O=[N+]([O-])c1cc(S(=O)(=O)C(F)F)ccc1NCCc1ccc(Cl)s1. The van der Waals surface area contributed by atoms with Gasteiger partial charge in [0.05, 0.1) is 14.2 Å². The minimum absolute atomic E-state index is 0.0517. The first-order valence-electron chi connectivity index (χ1n) is 6.50. The number of anilines is 1. The number of nitro groups is 1. The first-order valence-corrected chi connectivity index (χ1v) is 9.24. The maximum Gasteiger partial charge on any atom is 0.341 e. The third-order valence-corrected chi connectivity index (χ3v) is 5.72. The zero-order chi connectivity index (χ0) is 17.9. The number of nitrogens with zero attached hydrogens (tertiary/aromatic N) is 1. The molecule has 0 aliphatic carbocycles. The van der Waals surface area contributed by atoms with Crippen LogP contribution < -0.4 is 5.32 Å². The van der Waals surface area contributed by atoms with E-state index >= 15 is 0 Å². The van der Waals surface area contributed by atoms with E-state index in [-0.39, 0.29) is 5.69 Å². The summed E-state index contributed by atoms with van der Waals surface area (Å²) < 4.78 is 48.5. The standard InChI is InChI=1S/C13H11ClF2N2O4S2/c14-12-4-1-8(23-12)5-6-17-10-3-2-9(7-11(10)18(19)20)24(21,22)13(15)16/h1-4,7,13,17H,5-6H2. The van der Waals surface area contributed by atoms with Gasteiger partial charge in [0.25, 0.3) is 5.69 Å². The summed E-state index contributed by atoms with van der Waals surface area (Å²) in [5.74, 6) is -3.64. The maximum atomic E-state index is 12.5. The smallest absolute Gasteiger partial charge is 0.341 e. The normalized spacial score (nSPS) is 11.7.